The molecule has 1 atom stereocenters. The molecule has 0 saturated carbocycles. The summed E-state index contributed by atoms with van der Waals surface area (Å²) >= 11 is 0. The van der Waals surface area contributed by atoms with Crippen molar-refractivity contribution in [1.29, 1.82) is 0 Å². The first-order valence-corrected chi connectivity index (χ1v) is 10.9. The molecule has 1 aliphatic heterocycles. The van der Waals surface area contributed by atoms with Crippen molar-refractivity contribution in [1.82, 2.24) is 9.47 Å². The molecule has 0 radical (unpaired) electrons. The molecular weight excluding hydrogens is 380 g/mol. The van der Waals surface area contributed by atoms with E-state index < -0.39 is 0 Å². The molecule has 0 saturated heterocycles. The number of amides is 1. The quantitative estimate of drug-likeness (QED) is 0.365. The number of aromatic nitrogens is 1. The Balaban J connectivity index is 1.67. The van der Waals surface area contributed by atoms with Gasteiger partial charge in [-0.25, -0.2) is 4.79 Å². The van der Waals surface area contributed by atoms with Gasteiger partial charge in [-0.15, -0.1) is 0 Å². The Morgan fingerprint density at radius 1 is 0.839 bits per heavy atom. The highest BCUT2D eigenvalue weighted by Crippen LogP contribution is 2.43. The maximum atomic E-state index is 13.7. The van der Waals surface area contributed by atoms with E-state index in [1.165, 1.54) is 11.1 Å². The molecular formula is C28H28N2O. The Labute approximate surface area is 183 Å². The van der Waals surface area contributed by atoms with Gasteiger partial charge in [-0.1, -0.05) is 93.6 Å². The number of hydrogen-bond donors (Lipinski definition) is 0. The number of carbonyl (C=O) groups excluding carboxylic acids is 1. The zero-order chi connectivity index (χ0) is 21.8. The summed E-state index contributed by atoms with van der Waals surface area (Å²) in [5, 5.41) is 1.15. The molecule has 5 rings (SSSR count). The van der Waals surface area contributed by atoms with Crippen LogP contribution in [0.15, 0.2) is 78.9 Å². The molecule has 1 amide bonds. The van der Waals surface area contributed by atoms with Crippen LogP contribution in [0.3, 0.4) is 0 Å². The zero-order valence-electron chi connectivity index (χ0n) is 18.6. The number of fused-ring (bicyclic) bond motifs is 3. The number of para-hydroxylation sites is 1. The fourth-order valence-corrected chi connectivity index (χ4v) is 4.78. The summed E-state index contributed by atoms with van der Waals surface area (Å²) in [4.78, 5) is 15.7. The molecule has 0 fully saturated rings. The molecule has 0 spiro atoms. The third-order valence-electron chi connectivity index (χ3n) is 6.47. The van der Waals surface area contributed by atoms with Crippen molar-refractivity contribution >= 4 is 16.9 Å². The van der Waals surface area contributed by atoms with E-state index in [4.69, 9.17) is 0 Å². The fraction of sp³-hybridized carbons (Fsp3) is 0.250. The average molecular weight is 409 g/mol. The van der Waals surface area contributed by atoms with E-state index in [2.05, 4.69) is 76.2 Å². The molecule has 4 aromatic rings. The van der Waals surface area contributed by atoms with Gasteiger partial charge < -0.3 is 4.90 Å². The fourth-order valence-electron chi connectivity index (χ4n) is 4.78. The smallest absolute Gasteiger partial charge is 0.307 e. The van der Waals surface area contributed by atoms with Crippen molar-refractivity contribution in [2.75, 3.05) is 0 Å². The SMILES string of the molecule is Cc1c2n(c3ccccc13)C(=O)N(Cc1ccccc1)C2c1ccc(C(C)(C)C)cc1. The predicted molar refractivity (Wildman–Crippen MR) is 126 cm³/mol. The van der Waals surface area contributed by atoms with Crippen LogP contribution in [0.4, 0.5) is 4.79 Å². The summed E-state index contributed by atoms with van der Waals surface area (Å²) in [6.07, 6.45) is 0. The van der Waals surface area contributed by atoms with Crippen molar-refractivity contribution < 1.29 is 4.79 Å². The van der Waals surface area contributed by atoms with Crippen molar-refractivity contribution in [3.05, 3.63) is 107 Å². The highest BCUT2D eigenvalue weighted by Gasteiger charge is 2.40. The van der Waals surface area contributed by atoms with Gasteiger partial charge in [-0.2, -0.15) is 0 Å². The Bertz CT molecular complexity index is 1260. The molecule has 156 valence electrons. The van der Waals surface area contributed by atoms with E-state index in [-0.39, 0.29) is 17.5 Å². The lowest BCUT2D eigenvalue weighted by atomic mass is 9.86. The highest BCUT2D eigenvalue weighted by atomic mass is 16.2. The second kappa shape index (κ2) is 7.12. The van der Waals surface area contributed by atoms with Gasteiger partial charge in [-0.05, 0) is 40.7 Å². The predicted octanol–water partition coefficient (Wildman–Crippen LogP) is 6.82. The highest BCUT2D eigenvalue weighted by molar-refractivity contribution is 5.98. The van der Waals surface area contributed by atoms with E-state index in [1.807, 2.05) is 39.8 Å². The largest absolute Gasteiger partial charge is 0.330 e. The first-order chi connectivity index (χ1) is 14.9. The molecule has 31 heavy (non-hydrogen) atoms. The maximum Gasteiger partial charge on any atom is 0.330 e. The number of aryl methyl sites for hydroxylation is 1. The molecule has 3 nitrogen and oxygen atoms in total. The van der Waals surface area contributed by atoms with Crippen molar-refractivity contribution in [3.63, 3.8) is 0 Å². The summed E-state index contributed by atoms with van der Waals surface area (Å²) in [6, 6.07) is 27.2. The number of carbonyl (C=O) groups is 1. The topological polar surface area (TPSA) is 25.2 Å². The van der Waals surface area contributed by atoms with Crippen LogP contribution in [-0.4, -0.2) is 15.5 Å². The van der Waals surface area contributed by atoms with Crippen molar-refractivity contribution in [2.45, 2.75) is 45.7 Å². The second-order valence-electron chi connectivity index (χ2n) is 9.53. The molecule has 2 heterocycles. The second-order valence-corrected chi connectivity index (χ2v) is 9.53. The molecule has 0 aliphatic carbocycles. The molecule has 1 aromatic heterocycles. The van der Waals surface area contributed by atoms with E-state index in [1.54, 1.807) is 0 Å². The minimum absolute atomic E-state index is 0.0491. The Morgan fingerprint density at radius 3 is 2.16 bits per heavy atom. The summed E-state index contributed by atoms with van der Waals surface area (Å²) in [7, 11) is 0. The van der Waals surface area contributed by atoms with Crippen LogP contribution >= 0.6 is 0 Å². The van der Waals surface area contributed by atoms with E-state index in [9.17, 15) is 4.79 Å². The van der Waals surface area contributed by atoms with Crippen LogP contribution in [0.5, 0.6) is 0 Å². The van der Waals surface area contributed by atoms with Gasteiger partial charge in [0.05, 0.1) is 11.2 Å². The molecule has 1 aliphatic rings. The summed E-state index contributed by atoms with van der Waals surface area (Å²) in [5.41, 5.74) is 6.95. The first-order valence-electron chi connectivity index (χ1n) is 10.9. The van der Waals surface area contributed by atoms with Crippen LogP contribution in [0.1, 0.15) is 54.8 Å². The normalized spacial score (nSPS) is 16.2. The summed E-state index contributed by atoms with van der Waals surface area (Å²) in [6.45, 7) is 9.41. The van der Waals surface area contributed by atoms with Crippen LogP contribution < -0.4 is 0 Å². The number of rotatable bonds is 3. The lowest BCUT2D eigenvalue weighted by Gasteiger charge is -2.26. The van der Waals surface area contributed by atoms with Gasteiger partial charge in [0.25, 0.3) is 0 Å². The standard InChI is InChI=1S/C28H28N2O/c1-19-23-12-8-9-13-24(23)30-25(19)26(21-14-16-22(17-15-21)28(2,3)4)29(27(30)31)18-20-10-6-5-7-11-20/h5-17,26H,18H2,1-4H3. The van der Waals surface area contributed by atoms with E-state index >= 15 is 0 Å². The Hall–Kier alpha value is -3.33. The van der Waals surface area contributed by atoms with Gasteiger partial charge in [0, 0.05) is 11.9 Å². The Kier molecular flexibility index (Phi) is 4.51. The summed E-state index contributed by atoms with van der Waals surface area (Å²) < 4.78 is 1.93. The van der Waals surface area contributed by atoms with Gasteiger partial charge in [0.2, 0.25) is 0 Å². The first kappa shape index (κ1) is 19.6. The van der Waals surface area contributed by atoms with Crippen LogP contribution in [0, 0.1) is 6.92 Å². The van der Waals surface area contributed by atoms with E-state index in [0.29, 0.717) is 6.54 Å². The van der Waals surface area contributed by atoms with Crippen molar-refractivity contribution in [3.8, 4) is 0 Å². The lowest BCUT2D eigenvalue weighted by molar-refractivity contribution is 0.199. The third-order valence-corrected chi connectivity index (χ3v) is 6.47. The maximum absolute atomic E-state index is 13.7. The van der Waals surface area contributed by atoms with Crippen LogP contribution in [0.2, 0.25) is 0 Å². The minimum atomic E-state index is -0.103. The van der Waals surface area contributed by atoms with E-state index in [0.717, 1.165) is 27.7 Å². The van der Waals surface area contributed by atoms with Gasteiger partial charge in [0.15, 0.2) is 0 Å². The van der Waals surface area contributed by atoms with Crippen molar-refractivity contribution in [2.24, 2.45) is 0 Å². The molecule has 1 unspecified atom stereocenters. The van der Waals surface area contributed by atoms with Crippen LogP contribution in [0.25, 0.3) is 10.9 Å². The molecule has 0 N–H and O–H groups in total. The lowest BCUT2D eigenvalue weighted by Crippen LogP contribution is -2.29. The monoisotopic (exact) mass is 408 g/mol. The van der Waals surface area contributed by atoms with Gasteiger partial charge in [0.1, 0.15) is 6.04 Å². The molecule has 0 bridgehead atoms. The third kappa shape index (κ3) is 3.16. The minimum Gasteiger partial charge on any atom is -0.307 e. The van der Waals surface area contributed by atoms with Gasteiger partial charge >= 0.3 is 6.03 Å². The van der Waals surface area contributed by atoms with Gasteiger partial charge in [-0.3, -0.25) is 4.57 Å². The number of benzene rings is 3. The average Bonchev–Trinajstić information content (AvgIpc) is 3.21. The zero-order valence-corrected chi connectivity index (χ0v) is 18.6. The molecule has 3 aromatic carbocycles. The van der Waals surface area contributed by atoms with Crippen LogP contribution in [-0.2, 0) is 12.0 Å². The Morgan fingerprint density at radius 2 is 1.48 bits per heavy atom. The summed E-state index contributed by atoms with van der Waals surface area (Å²) in [5.74, 6) is 0. The number of hydrogen-bond acceptors (Lipinski definition) is 1. The number of nitrogens with zero attached hydrogens (tertiary/aromatic N) is 2. The molecule has 3 heteroatoms.